The molecule has 5 nitrogen and oxygen atoms in total. The van der Waals surface area contributed by atoms with Crippen molar-refractivity contribution in [3.63, 3.8) is 0 Å². The minimum atomic E-state index is -0.166. The van der Waals surface area contributed by atoms with Crippen LogP contribution < -0.4 is 9.64 Å². The third-order valence-corrected chi connectivity index (χ3v) is 6.56. The van der Waals surface area contributed by atoms with Gasteiger partial charge in [-0.15, -0.1) is 0 Å². The average molecular weight is 456 g/mol. The maximum atomic E-state index is 12.4. The maximum absolute atomic E-state index is 12.4. The number of ether oxygens (including phenoxy) is 1. The molecule has 1 saturated heterocycles. The smallest absolute Gasteiger partial charge is 0.286 e. The van der Waals surface area contributed by atoms with Crippen LogP contribution in [-0.2, 0) is 4.79 Å². The molecular formula is C24H26ClN3O2S. The van der Waals surface area contributed by atoms with Gasteiger partial charge in [-0.1, -0.05) is 43.1 Å². The Morgan fingerprint density at radius 3 is 2.55 bits per heavy atom. The normalized spacial score (nSPS) is 17.9. The summed E-state index contributed by atoms with van der Waals surface area (Å²) in [5.41, 5.74) is 2.10. The fourth-order valence-corrected chi connectivity index (χ4v) is 4.66. The van der Waals surface area contributed by atoms with Crippen molar-refractivity contribution in [1.29, 1.82) is 0 Å². The first-order chi connectivity index (χ1) is 15.1. The molecule has 4 rings (SSSR count). The number of unbranched alkanes of at least 4 members (excludes halogenated alkanes) is 1. The van der Waals surface area contributed by atoms with Gasteiger partial charge in [-0.3, -0.25) is 4.79 Å². The predicted molar refractivity (Wildman–Crippen MR) is 130 cm³/mol. The zero-order chi connectivity index (χ0) is 21.6. The first-order valence-corrected chi connectivity index (χ1v) is 11.8. The summed E-state index contributed by atoms with van der Waals surface area (Å²) in [6.45, 7) is 6.25. The molecule has 0 radical (unpaired) electrons. The lowest BCUT2D eigenvalue weighted by atomic mass is 10.2. The van der Waals surface area contributed by atoms with E-state index in [-0.39, 0.29) is 5.91 Å². The molecule has 0 atom stereocenters. The largest absolute Gasteiger partial charge is 0.494 e. The molecule has 0 bridgehead atoms. The molecule has 2 aliphatic heterocycles. The van der Waals surface area contributed by atoms with E-state index in [1.54, 1.807) is 0 Å². The molecule has 1 fully saturated rings. The van der Waals surface area contributed by atoms with Crippen LogP contribution in [0.3, 0.4) is 0 Å². The number of benzene rings is 2. The van der Waals surface area contributed by atoms with Crippen molar-refractivity contribution >= 4 is 46.2 Å². The zero-order valence-electron chi connectivity index (χ0n) is 17.6. The Bertz CT molecular complexity index is 983. The fraction of sp³-hybridized carbons (Fsp3) is 0.333. The summed E-state index contributed by atoms with van der Waals surface area (Å²) in [5.74, 6) is 0.691. The van der Waals surface area contributed by atoms with Gasteiger partial charge < -0.3 is 14.5 Å². The number of halogens is 1. The molecule has 0 saturated carbocycles. The summed E-state index contributed by atoms with van der Waals surface area (Å²) in [5, 5.41) is 1.54. The molecule has 2 aromatic carbocycles. The van der Waals surface area contributed by atoms with E-state index in [1.807, 2.05) is 48.5 Å². The number of amides is 1. The second-order valence-corrected chi connectivity index (χ2v) is 8.98. The van der Waals surface area contributed by atoms with Gasteiger partial charge in [-0.2, -0.15) is 4.99 Å². The summed E-state index contributed by atoms with van der Waals surface area (Å²) >= 11 is 7.58. The van der Waals surface area contributed by atoms with E-state index < -0.39 is 0 Å². The van der Waals surface area contributed by atoms with E-state index in [9.17, 15) is 4.79 Å². The highest BCUT2D eigenvalue weighted by Crippen LogP contribution is 2.31. The Kier molecular flexibility index (Phi) is 7.20. The molecule has 2 aliphatic rings. The van der Waals surface area contributed by atoms with E-state index in [0.717, 1.165) is 72.8 Å². The van der Waals surface area contributed by atoms with Gasteiger partial charge in [-0.05, 0) is 60.2 Å². The Morgan fingerprint density at radius 1 is 1.10 bits per heavy atom. The SMILES string of the molecule is CCCCOc1ccc(/C=C2\SC(N3CCN(c4cccc(Cl)c4)CC3)=NC2=O)cc1. The minimum Gasteiger partial charge on any atom is -0.494 e. The summed E-state index contributed by atoms with van der Waals surface area (Å²) in [4.78, 5) is 21.9. The van der Waals surface area contributed by atoms with Crippen molar-refractivity contribution in [2.24, 2.45) is 4.99 Å². The van der Waals surface area contributed by atoms with Crippen LogP contribution in [0.1, 0.15) is 25.3 Å². The number of carbonyl (C=O) groups is 1. The molecular weight excluding hydrogens is 430 g/mol. The monoisotopic (exact) mass is 455 g/mol. The summed E-state index contributed by atoms with van der Waals surface area (Å²) in [7, 11) is 0. The highest BCUT2D eigenvalue weighted by molar-refractivity contribution is 8.18. The van der Waals surface area contributed by atoms with Crippen molar-refractivity contribution in [2.75, 3.05) is 37.7 Å². The van der Waals surface area contributed by atoms with E-state index in [2.05, 4.69) is 27.8 Å². The average Bonchev–Trinajstić information content (AvgIpc) is 3.15. The van der Waals surface area contributed by atoms with E-state index in [0.29, 0.717) is 4.91 Å². The van der Waals surface area contributed by atoms with Gasteiger partial charge in [0.25, 0.3) is 5.91 Å². The van der Waals surface area contributed by atoms with Crippen molar-refractivity contribution in [1.82, 2.24) is 4.90 Å². The number of aliphatic imine (C=N–C) groups is 1. The quantitative estimate of drug-likeness (QED) is 0.436. The second-order valence-electron chi connectivity index (χ2n) is 7.54. The molecule has 7 heteroatoms. The van der Waals surface area contributed by atoms with E-state index in [1.165, 1.54) is 11.8 Å². The molecule has 2 aromatic rings. The molecule has 162 valence electrons. The van der Waals surface area contributed by atoms with Crippen LogP contribution in [0.15, 0.2) is 58.4 Å². The lowest BCUT2D eigenvalue weighted by Gasteiger charge is -2.36. The van der Waals surface area contributed by atoms with Crippen LogP contribution in [0.2, 0.25) is 5.02 Å². The highest BCUT2D eigenvalue weighted by atomic mass is 35.5. The number of thioether (sulfide) groups is 1. The van der Waals surface area contributed by atoms with Crippen molar-refractivity contribution in [2.45, 2.75) is 19.8 Å². The highest BCUT2D eigenvalue weighted by Gasteiger charge is 2.28. The molecule has 0 aromatic heterocycles. The van der Waals surface area contributed by atoms with E-state index >= 15 is 0 Å². The zero-order valence-corrected chi connectivity index (χ0v) is 19.2. The number of amidine groups is 1. The number of rotatable bonds is 6. The molecule has 0 spiro atoms. The van der Waals surface area contributed by atoms with Crippen molar-refractivity contribution in [3.8, 4) is 5.75 Å². The van der Waals surface area contributed by atoms with Gasteiger partial charge in [0.15, 0.2) is 5.17 Å². The van der Waals surface area contributed by atoms with Crippen LogP contribution in [0, 0.1) is 0 Å². The Balaban J connectivity index is 1.33. The first kappa shape index (κ1) is 21.8. The topological polar surface area (TPSA) is 45.1 Å². The number of anilines is 1. The molecule has 1 amide bonds. The summed E-state index contributed by atoms with van der Waals surface area (Å²) in [6, 6.07) is 15.8. The second kappa shape index (κ2) is 10.2. The van der Waals surface area contributed by atoms with Crippen LogP contribution in [0.25, 0.3) is 6.08 Å². The number of nitrogens with zero attached hydrogens (tertiary/aromatic N) is 3. The van der Waals surface area contributed by atoms with Crippen LogP contribution in [0.4, 0.5) is 5.69 Å². The number of piperazine rings is 1. The lowest BCUT2D eigenvalue weighted by Crippen LogP contribution is -2.47. The van der Waals surface area contributed by atoms with Gasteiger partial charge >= 0.3 is 0 Å². The summed E-state index contributed by atoms with van der Waals surface area (Å²) in [6.07, 6.45) is 4.06. The van der Waals surface area contributed by atoms with Crippen LogP contribution in [-0.4, -0.2) is 48.8 Å². The number of carbonyl (C=O) groups excluding carboxylic acids is 1. The molecule has 31 heavy (non-hydrogen) atoms. The predicted octanol–water partition coefficient (Wildman–Crippen LogP) is 5.31. The third-order valence-electron chi connectivity index (χ3n) is 5.28. The van der Waals surface area contributed by atoms with E-state index in [4.69, 9.17) is 16.3 Å². The van der Waals surface area contributed by atoms with Gasteiger partial charge in [0, 0.05) is 36.9 Å². The molecule has 2 heterocycles. The Morgan fingerprint density at radius 2 is 1.84 bits per heavy atom. The van der Waals surface area contributed by atoms with Crippen LogP contribution >= 0.6 is 23.4 Å². The summed E-state index contributed by atoms with van der Waals surface area (Å²) < 4.78 is 5.70. The number of hydrogen-bond acceptors (Lipinski definition) is 5. The van der Waals surface area contributed by atoms with Gasteiger partial charge in [0.2, 0.25) is 0 Å². The Labute approximate surface area is 192 Å². The van der Waals surface area contributed by atoms with Crippen LogP contribution in [0.5, 0.6) is 5.75 Å². The molecule has 0 N–H and O–H groups in total. The van der Waals surface area contributed by atoms with Crippen molar-refractivity contribution < 1.29 is 9.53 Å². The molecule has 0 unspecified atom stereocenters. The van der Waals surface area contributed by atoms with Crippen molar-refractivity contribution in [3.05, 3.63) is 64.0 Å². The molecule has 0 aliphatic carbocycles. The first-order valence-electron chi connectivity index (χ1n) is 10.6. The Hall–Kier alpha value is -2.44. The fourth-order valence-electron chi connectivity index (χ4n) is 3.51. The third kappa shape index (κ3) is 5.63. The standard InChI is InChI=1S/C24H26ClN3O2S/c1-2-3-15-30-21-9-7-18(8-10-21)16-22-23(29)26-24(31-22)28-13-11-27(12-14-28)20-6-4-5-19(25)17-20/h4-10,16-17H,2-3,11-15H2,1H3/b22-16-. The van der Waals surface area contributed by atoms with Gasteiger partial charge in [0.05, 0.1) is 11.5 Å². The minimum absolute atomic E-state index is 0.166. The van der Waals surface area contributed by atoms with Gasteiger partial charge in [0.1, 0.15) is 5.75 Å². The maximum Gasteiger partial charge on any atom is 0.286 e. The van der Waals surface area contributed by atoms with Gasteiger partial charge in [-0.25, -0.2) is 0 Å². The number of hydrogen-bond donors (Lipinski definition) is 0. The lowest BCUT2D eigenvalue weighted by molar-refractivity contribution is -0.113.